The van der Waals surface area contributed by atoms with E-state index >= 15 is 0 Å². The van der Waals surface area contributed by atoms with Crippen molar-refractivity contribution < 1.29 is 22.3 Å². The molecule has 0 aliphatic rings. The first-order valence-corrected chi connectivity index (χ1v) is 11.4. The Bertz CT molecular complexity index is 1120. The van der Waals surface area contributed by atoms with Gasteiger partial charge in [-0.25, -0.2) is 0 Å². The van der Waals surface area contributed by atoms with Crippen LogP contribution in [0, 0.1) is 17.0 Å². The van der Waals surface area contributed by atoms with Crippen LogP contribution in [0.25, 0.3) is 0 Å². The van der Waals surface area contributed by atoms with Crippen LogP contribution in [0.4, 0.5) is 5.69 Å². The lowest BCUT2D eigenvalue weighted by molar-refractivity contribution is -0.385. The minimum Gasteiger partial charge on any atom is -0.493 e. The molecule has 10 nitrogen and oxygen atoms in total. The molecule has 0 saturated carbocycles. The zero-order valence-electron chi connectivity index (χ0n) is 17.8. The Morgan fingerprint density at radius 1 is 1.25 bits per heavy atom. The molecule has 0 aliphatic heterocycles. The Morgan fingerprint density at radius 3 is 2.66 bits per heavy atom. The van der Waals surface area contributed by atoms with Crippen molar-refractivity contribution in [2.75, 3.05) is 13.7 Å². The fraction of sp³-hybridized carbons (Fsp3) is 0.300. The molecule has 0 heterocycles. The van der Waals surface area contributed by atoms with Gasteiger partial charge in [-0.2, -0.15) is 13.5 Å². The van der Waals surface area contributed by atoms with Gasteiger partial charge in [0.05, 0.1) is 18.2 Å². The Balaban J connectivity index is 2.16. The van der Waals surface area contributed by atoms with Gasteiger partial charge in [0.25, 0.3) is 5.69 Å². The highest BCUT2D eigenvalue weighted by molar-refractivity contribution is 7.87. The first-order valence-electron chi connectivity index (χ1n) is 9.62. The van der Waals surface area contributed by atoms with Gasteiger partial charge in [-0.15, -0.1) is 0 Å². The van der Waals surface area contributed by atoms with Gasteiger partial charge < -0.3 is 14.2 Å². The van der Waals surface area contributed by atoms with E-state index in [-0.39, 0.29) is 22.1 Å². The smallest absolute Gasteiger partial charge is 0.339 e. The van der Waals surface area contributed by atoms with E-state index in [1.165, 1.54) is 44.5 Å². The van der Waals surface area contributed by atoms with Gasteiger partial charge in [0, 0.05) is 18.2 Å². The van der Waals surface area contributed by atoms with Crippen LogP contribution in [0.15, 0.2) is 46.4 Å². The zero-order chi connectivity index (χ0) is 23.7. The van der Waals surface area contributed by atoms with Gasteiger partial charge in [-0.1, -0.05) is 19.4 Å². The van der Waals surface area contributed by atoms with Crippen LogP contribution >= 0.6 is 12.2 Å². The predicted octanol–water partition coefficient (Wildman–Crippen LogP) is 3.28. The molecule has 2 rings (SSSR count). The predicted molar refractivity (Wildman–Crippen MR) is 125 cm³/mol. The number of hydrogen-bond acceptors (Lipinski definition) is 8. The van der Waals surface area contributed by atoms with Crippen molar-refractivity contribution in [3.05, 3.63) is 57.6 Å². The summed E-state index contributed by atoms with van der Waals surface area (Å²) < 4.78 is 35.7. The molecule has 2 N–H and O–H groups in total. The summed E-state index contributed by atoms with van der Waals surface area (Å²) in [6.07, 6.45) is 3.52. The number of aryl methyl sites for hydroxylation is 1. The molecule has 0 aromatic heterocycles. The zero-order valence-corrected chi connectivity index (χ0v) is 19.5. The normalized spacial score (nSPS) is 11.2. The van der Waals surface area contributed by atoms with E-state index in [9.17, 15) is 18.5 Å². The molecule has 0 amide bonds. The van der Waals surface area contributed by atoms with E-state index in [1.54, 1.807) is 6.07 Å². The molecule has 0 atom stereocenters. The minimum absolute atomic E-state index is 0.0717. The third kappa shape index (κ3) is 6.89. The quantitative estimate of drug-likeness (QED) is 0.131. The molecular weight excluding hydrogens is 456 g/mol. The maximum Gasteiger partial charge on any atom is 0.339 e. The number of hydrogen-bond donors (Lipinski definition) is 2. The van der Waals surface area contributed by atoms with Crippen LogP contribution in [0.3, 0.4) is 0 Å². The van der Waals surface area contributed by atoms with Gasteiger partial charge >= 0.3 is 10.1 Å². The van der Waals surface area contributed by atoms with E-state index in [0.29, 0.717) is 16.2 Å². The van der Waals surface area contributed by atoms with Crippen LogP contribution in [0.1, 0.15) is 30.9 Å². The molecule has 12 heteroatoms. The third-order valence-electron chi connectivity index (χ3n) is 4.25. The molecule has 0 unspecified atom stereocenters. The fourth-order valence-corrected chi connectivity index (χ4v) is 3.64. The van der Waals surface area contributed by atoms with E-state index in [2.05, 4.69) is 22.8 Å². The summed E-state index contributed by atoms with van der Waals surface area (Å²) in [7, 11) is -2.97. The molecule has 0 radical (unpaired) electrons. The van der Waals surface area contributed by atoms with E-state index < -0.39 is 15.0 Å². The SMILES string of the molecule is CCCCNC(=S)N/N=C/c1ccc(OS(=O)(=O)c2ccc(C)c([N+](=O)[O-])c2)c(OC)c1. The largest absolute Gasteiger partial charge is 0.493 e. The number of nitro groups is 1. The number of nitrogens with zero attached hydrogens (tertiary/aromatic N) is 2. The number of rotatable bonds is 10. The second-order valence-corrected chi connectivity index (χ2v) is 8.59. The van der Waals surface area contributed by atoms with Crippen molar-refractivity contribution in [3.8, 4) is 11.5 Å². The average Bonchev–Trinajstić information content (AvgIpc) is 2.74. The summed E-state index contributed by atoms with van der Waals surface area (Å²) in [5.74, 6) is 0.0698. The van der Waals surface area contributed by atoms with Crippen molar-refractivity contribution in [1.82, 2.24) is 10.7 Å². The van der Waals surface area contributed by atoms with Crippen molar-refractivity contribution in [3.63, 3.8) is 0 Å². The van der Waals surface area contributed by atoms with Crippen molar-refractivity contribution in [1.29, 1.82) is 0 Å². The summed E-state index contributed by atoms with van der Waals surface area (Å²) in [6.45, 7) is 4.34. The number of nitro benzene ring substituents is 1. The van der Waals surface area contributed by atoms with Crippen LogP contribution < -0.4 is 19.7 Å². The van der Waals surface area contributed by atoms with E-state index in [0.717, 1.165) is 25.5 Å². The second-order valence-electron chi connectivity index (χ2n) is 6.63. The highest BCUT2D eigenvalue weighted by Crippen LogP contribution is 2.31. The average molecular weight is 481 g/mol. The van der Waals surface area contributed by atoms with Crippen LogP contribution in [0.2, 0.25) is 0 Å². The number of methoxy groups -OCH3 is 1. The van der Waals surface area contributed by atoms with Crippen LogP contribution in [0.5, 0.6) is 11.5 Å². The van der Waals surface area contributed by atoms with Crippen molar-refractivity contribution in [2.24, 2.45) is 5.10 Å². The molecule has 32 heavy (non-hydrogen) atoms. The lowest BCUT2D eigenvalue weighted by atomic mass is 10.2. The number of benzene rings is 2. The number of ether oxygens (including phenoxy) is 1. The van der Waals surface area contributed by atoms with Crippen molar-refractivity contribution in [2.45, 2.75) is 31.6 Å². The molecule has 0 aliphatic carbocycles. The van der Waals surface area contributed by atoms with Gasteiger partial charge in [0.2, 0.25) is 0 Å². The molecule has 0 spiro atoms. The van der Waals surface area contributed by atoms with Crippen LogP contribution in [-0.2, 0) is 10.1 Å². The van der Waals surface area contributed by atoms with Gasteiger partial charge in [0.15, 0.2) is 16.6 Å². The van der Waals surface area contributed by atoms with E-state index in [4.69, 9.17) is 21.1 Å². The standard InChI is InChI=1S/C20H24N4O6S2/c1-4-5-10-21-20(31)23-22-13-15-7-9-18(19(11-15)29-3)30-32(27,28)16-8-6-14(2)17(12-16)24(25)26/h6-9,11-13H,4-5,10H2,1-3H3,(H2,21,23,31)/b22-13+. The molecule has 0 bridgehead atoms. The lowest BCUT2D eigenvalue weighted by Gasteiger charge is -2.11. The van der Waals surface area contributed by atoms with Gasteiger partial charge in [-0.05, 0) is 55.4 Å². The first-order chi connectivity index (χ1) is 15.2. The Labute approximate surface area is 191 Å². The summed E-state index contributed by atoms with van der Waals surface area (Å²) in [6, 6.07) is 8.05. The first kappa shape index (κ1) is 25.0. The number of hydrazone groups is 1. The van der Waals surface area contributed by atoms with Gasteiger partial charge in [-0.3, -0.25) is 15.5 Å². The monoisotopic (exact) mass is 480 g/mol. The lowest BCUT2D eigenvalue weighted by Crippen LogP contribution is -2.32. The molecule has 2 aromatic rings. The van der Waals surface area contributed by atoms with Crippen LogP contribution in [-0.4, -0.2) is 38.3 Å². The fourth-order valence-electron chi connectivity index (χ4n) is 2.52. The summed E-state index contributed by atoms with van der Waals surface area (Å²) in [4.78, 5) is 10.1. The van der Waals surface area contributed by atoms with Crippen molar-refractivity contribution >= 4 is 39.4 Å². The minimum atomic E-state index is -4.33. The molecule has 172 valence electrons. The Kier molecular flexibility index (Phi) is 8.91. The number of nitrogens with one attached hydrogen (secondary N) is 2. The highest BCUT2D eigenvalue weighted by atomic mass is 32.2. The van der Waals surface area contributed by atoms with Gasteiger partial charge in [0.1, 0.15) is 4.90 Å². The Hall–Kier alpha value is -3.25. The maximum absolute atomic E-state index is 12.6. The Morgan fingerprint density at radius 2 is 2.00 bits per heavy atom. The second kappa shape index (κ2) is 11.4. The highest BCUT2D eigenvalue weighted by Gasteiger charge is 2.23. The van der Waals surface area contributed by atoms with E-state index in [1.807, 2.05) is 0 Å². The summed E-state index contributed by atoms with van der Waals surface area (Å²) in [5, 5.41) is 18.5. The summed E-state index contributed by atoms with van der Waals surface area (Å²) in [5.41, 5.74) is 3.31. The topological polar surface area (TPSA) is 132 Å². The molecular formula is C20H24N4O6S2. The number of thiocarbonyl (C=S) groups is 1. The summed E-state index contributed by atoms with van der Waals surface area (Å²) >= 11 is 5.10. The molecule has 2 aromatic carbocycles. The molecule has 0 fully saturated rings. The third-order valence-corrected chi connectivity index (χ3v) is 5.71. The molecule has 0 saturated heterocycles. The number of unbranched alkanes of at least 4 members (excludes halogenated alkanes) is 1. The maximum atomic E-state index is 12.6.